The number of nitrogens with zero attached hydrogens (tertiary/aromatic N) is 1. The fraction of sp³-hybridized carbons (Fsp3) is 0.214. The summed E-state index contributed by atoms with van der Waals surface area (Å²) in [6, 6.07) is 31.4. The molecule has 0 amide bonds. The van der Waals surface area contributed by atoms with Crippen LogP contribution in [0.15, 0.2) is 84.9 Å². The molecule has 0 atom stereocenters. The monoisotopic (exact) mass is 569 g/mol. The average Bonchev–Trinajstić information content (AvgIpc) is 3.22. The van der Waals surface area contributed by atoms with E-state index in [2.05, 4.69) is 133 Å². The second-order valence-electron chi connectivity index (χ2n) is 14.2. The van der Waals surface area contributed by atoms with Gasteiger partial charge in [-0.15, -0.1) is 0 Å². The van der Waals surface area contributed by atoms with Gasteiger partial charge in [0.15, 0.2) is 0 Å². The van der Waals surface area contributed by atoms with Crippen LogP contribution in [0, 0.1) is 20.8 Å². The smallest absolute Gasteiger partial charge is 0.139 e. The van der Waals surface area contributed by atoms with Crippen molar-refractivity contribution in [1.82, 2.24) is 4.98 Å². The van der Waals surface area contributed by atoms with Crippen LogP contribution in [0.4, 0.5) is 0 Å². The molecule has 0 radical (unpaired) electrons. The van der Waals surface area contributed by atoms with Crippen molar-refractivity contribution in [1.29, 1.82) is 0 Å². The molecule has 1 aromatic heterocycles. The lowest BCUT2D eigenvalue weighted by molar-refractivity contribution is 0.423. The molecule has 0 fully saturated rings. The third-order valence-electron chi connectivity index (χ3n) is 10.7. The van der Waals surface area contributed by atoms with Gasteiger partial charge < -0.3 is 4.74 Å². The number of rotatable bonds is 1. The molecule has 0 saturated heterocycles. The van der Waals surface area contributed by atoms with Crippen LogP contribution >= 0.6 is 0 Å². The van der Waals surface area contributed by atoms with Crippen LogP contribution < -0.4 is 4.74 Å². The molecule has 44 heavy (non-hydrogen) atoms. The van der Waals surface area contributed by atoms with Crippen molar-refractivity contribution in [3.63, 3.8) is 0 Å². The summed E-state index contributed by atoms with van der Waals surface area (Å²) in [5.74, 6) is 1.94. The summed E-state index contributed by atoms with van der Waals surface area (Å²) in [4.78, 5) is 5.16. The number of hydrogen-bond acceptors (Lipinski definition) is 2. The summed E-state index contributed by atoms with van der Waals surface area (Å²) in [5.41, 5.74) is 13.4. The van der Waals surface area contributed by atoms with E-state index in [9.17, 15) is 0 Å². The van der Waals surface area contributed by atoms with E-state index in [1.165, 1.54) is 82.4 Å². The predicted molar refractivity (Wildman–Crippen MR) is 184 cm³/mol. The molecule has 0 unspecified atom stereocenters. The third-order valence-corrected chi connectivity index (χ3v) is 10.7. The molecule has 2 aliphatic rings. The third kappa shape index (κ3) is 3.13. The van der Waals surface area contributed by atoms with Crippen molar-refractivity contribution >= 4 is 32.3 Å². The van der Waals surface area contributed by atoms with Crippen molar-refractivity contribution in [2.45, 2.75) is 59.3 Å². The van der Waals surface area contributed by atoms with E-state index in [0.717, 1.165) is 22.9 Å². The maximum absolute atomic E-state index is 6.93. The zero-order chi connectivity index (χ0) is 30.3. The van der Waals surface area contributed by atoms with Crippen molar-refractivity contribution < 1.29 is 4.74 Å². The van der Waals surface area contributed by atoms with E-state index in [0.29, 0.717) is 0 Å². The lowest BCUT2D eigenvalue weighted by Gasteiger charge is -2.36. The Balaban J connectivity index is 1.36. The van der Waals surface area contributed by atoms with Crippen molar-refractivity contribution in [3.05, 3.63) is 124 Å². The first-order chi connectivity index (χ1) is 21.1. The SMILES string of the molecule is Cc1ccc2c(n1)-c1c(cc3c(C)cc4cc5c(c6cc(C)c1c3c46)Oc1ccc(-c3ccccc3)cc1C5(C)C)C2(C)C. The van der Waals surface area contributed by atoms with Gasteiger partial charge in [0.25, 0.3) is 0 Å². The highest BCUT2D eigenvalue weighted by Gasteiger charge is 2.40. The first-order valence-corrected chi connectivity index (χ1v) is 15.7. The Morgan fingerprint density at radius 3 is 2.14 bits per heavy atom. The summed E-state index contributed by atoms with van der Waals surface area (Å²) >= 11 is 0. The van der Waals surface area contributed by atoms with E-state index in [4.69, 9.17) is 9.72 Å². The van der Waals surface area contributed by atoms with Crippen LogP contribution in [-0.4, -0.2) is 4.98 Å². The number of ether oxygens (including phenoxy) is 1. The second-order valence-corrected chi connectivity index (χ2v) is 14.2. The maximum Gasteiger partial charge on any atom is 0.139 e. The van der Waals surface area contributed by atoms with E-state index in [-0.39, 0.29) is 10.8 Å². The summed E-state index contributed by atoms with van der Waals surface area (Å²) in [5, 5.41) is 7.80. The Kier molecular flexibility index (Phi) is 4.84. The molecule has 214 valence electrons. The van der Waals surface area contributed by atoms with Crippen LogP contribution in [0.25, 0.3) is 54.7 Å². The molecule has 0 N–H and O–H groups in total. The molecule has 1 aliphatic heterocycles. The Morgan fingerprint density at radius 1 is 0.568 bits per heavy atom. The van der Waals surface area contributed by atoms with Gasteiger partial charge in [-0.1, -0.05) is 76.2 Å². The van der Waals surface area contributed by atoms with Gasteiger partial charge in [0.2, 0.25) is 0 Å². The van der Waals surface area contributed by atoms with Crippen molar-refractivity contribution in [2.75, 3.05) is 0 Å². The van der Waals surface area contributed by atoms with Gasteiger partial charge in [0.05, 0.1) is 5.69 Å². The quantitative estimate of drug-likeness (QED) is 0.183. The summed E-state index contributed by atoms with van der Waals surface area (Å²) in [6.45, 7) is 16.1. The highest BCUT2D eigenvalue weighted by molar-refractivity contribution is 6.29. The van der Waals surface area contributed by atoms with Crippen molar-refractivity contribution in [3.8, 4) is 33.9 Å². The predicted octanol–water partition coefficient (Wildman–Crippen LogP) is 11.3. The molecule has 0 spiro atoms. The zero-order valence-corrected chi connectivity index (χ0v) is 26.4. The van der Waals surface area contributed by atoms with E-state index >= 15 is 0 Å². The van der Waals surface area contributed by atoms with Crippen LogP contribution in [0.1, 0.15) is 66.8 Å². The molecule has 1 aliphatic carbocycles. The van der Waals surface area contributed by atoms with Gasteiger partial charge in [-0.25, -0.2) is 0 Å². The zero-order valence-electron chi connectivity index (χ0n) is 26.4. The minimum Gasteiger partial charge on any atom is -0.456 e. The van der Waals surface area contributed by atoms with E-state index in [1.54, 1.807) is 0 Å². The van der Waals surface area contributed by atoms with Gasteiger partial charge in [-0.2, -0.15) is 0 Å². The number of pyridine rings is 1. The number of aromatic nitrogens is 1. The van der Waals surface area contributed by atoms with Crippen LogP contribution in [0.5, 0.6) is 11.5 Å². The molecule has 7 aromatic rings. The van der Waals surface area contributed by atoms with Gasteiger partial charge in [-0.05, 0) is 112 Å². The molecule has 9 rings (SSSR count). The van der Waals surface area contributed by atoms with Crippen LogP contribution in [0.2, 0.25) is 0 Å². The first kappa shape index (κ1) is 25.8. The fourth-order valence-electron chi connectivity index (χ4n) is 8.37. The molecular weight excluding hydrogens is 534 g/mol. The molecule has 0 saturated carbocycles. The lowest BCUT2D eigenvalue weighted by Crippen LogP contribution is -2.24. The molecular formula is C42H35NO. The summed E-state index contributed by atoms with van der Waals surface area (Å²) in [7, 11) is 0. The van der Waals surface area contributed by atoms with Gasteiger partial charge in [-0.3, -0.25) is 4.98 Å². The number of fused-ring (bicyclic) bond motifs is 7. The second kappa shape index (κ2) is 8.27. The number of benzene rings is 6. The van der Waals surface area contributed by atoms with Gasteiger partial charge in [0.1, 0.15) is 11.5 Å². The Bertz CT molecular complexity index is 2380. The van der Waals surface area contributed by atoms with Crippen LogP contribution in [0.3, 0.4) is 0 Å². The number of hydrogen-bond donors (Lipinski definition) is 0. The minimum atomic E-state index is -0.231. The lowest BCUT2D eigenvalue weighted by atomic mass is 9.73. The highest BCUT2D eigenvalue weighted by atomic mass is 16.5. The highest BCUT2D eigenvalue weighted by Crippen LogP contribution is 2.57. The standard InChI is InChI=1S/C42H35NO/c1-22-17-27-20-33-40(44-34-16-14-26(19-31(34)42(33,6)7)25-11-9-8-10-12-25)29-18-23(2)35-37(36(27)29)28(22)21-32-38(35)39-30(41(32,4)5)15-13-24(3)43-39/h8-21H,1-7H3. The summed E-state index contributed by atoms with van der Waals surface area (Å²) in [6.07, 6.45) is 0. The largest absolute Gasteiger partial charge is 0.456 e. The molecule has 2 nitrogen and oxygen atoms in total. The Morgan fingerprint density at radius 2 is 1.34 bits per heavy atom. The molecule has 6 aromatic carbocycles. The molecule has 2 heterocycles. The Labute approximate surface area is 258 Å². The minimum absolute atomic E-state index is 0.108. The normalized spacial score (nSPS) is 15.7. The first-order valence-electron chi connectivity index (χ1n) is 15.7. The molecule has 2 heteroatoms. The van der Waals surface area contributed by atoms with Crippen LogP contribution in [-0.2, 0) is 10.8 Å². The van der Waals surface area contributed by atoms with Gasteiger partial charge >= 0.3 is 0 Å². The average molecular weight is 570 g/mol. The topological polar surface area (TPSA) is 22.1 Å². The van der Waals surface area contributed by atoms with E-state index in [1.807, 2.05) is 0 Å². The number of aryl methyl sites for hydroxylation is 3. The van der Waals surface area contributed by atoms with Gasteiger partial charge in [0, 0.05) is 44.0 Å². The Hall–Kier alpha value is -4.69. The van der Waals surface area contributed by atoms with E-state index < -0.39 is 0 Å². The maximum atomic E-state index is 6.93. The molecule has 0 bridgehead atoms. The van der Waals surface area contributed by atoms with Crippen molar-refractivity contribution in [2.24, 2.45) is 0 Å². The summed E-state index contributed by atoms with van der Waals surface area (Å²) < 4.78 is 6.93. The fourth-order valence-corrected chi connectivity index (χ4v) is 8.37.